The molecule has 1 aliphatic heterocycles. The third-order valence-corrected chi connectivity index (χ3v) is 3.42. The Bertz CT molecular complexity index is 601. The van der Waals surface area contributed by atoms with Crippen LogP contribution in [0.2, 0.25) is 5.02 Å². The first kappa shape index (κ1) is 10.8. The second kappa shape index (κ2) is 4.17. The van der Waals surface area contributed by atoms with Crippen molar-refractivity contribution in [2.24, 2.45) is 0 Å². The lowest BCUT2D eigenvalue weighted by molar-refractivity contribution is 0.630. The van der Waals surface area contributed by atoms with Crippen LogP contribution in [-0.4, -0.2) is 18.1 Å². The summed E-state index contributed by atoms with van der Waals surface area (Å²) in [6.45, 7) is 1.87. The molecule has 0 spiro atoms. The highest BCUT2D eigenvalue weighted by Crippen LogP contribution is 2.31. The summed E-state index contributed by atoms with van der Waals surface area (Å²) in [5, 5.41) is 4.44. The molecule has 88 valence electrons. The van der Waals surface area contributed by atoms with Gasteiger partial charge >= 0.3 is 0 Å². The van der Waals surface area contributed by atoms with Crippen LogP contribution in [0.15, 0.2) is 24.4 Å². The molecule has 0 fully saturated rings. The number of rotatable bonds is 1. The minimum Gasteiger partial charge on any atom is -0.360 e. The lowest BCUT2D eigenvalue weighted by Gasteiger charge is -2.13. The molecule has 0 saturated heterocycles. The molecule has 4 heteroatoms. The summed E-state index contributed by atoms with van der Waals surface area (Å²) < 4.78 is 13.3. The molecule has 2 nitrogen and oxygen atoms in total. The van der Waals surface area contributed by atoms with E-state index in [0.29, 0.717) is 0 Å². The monoisotopic (exact) mass is 250 g/mol. The second-order valence-electron chi connectivity index (χ2n) is 4.20. The van der Waals surface area contributed by atoms with Gasteiger partial charge < -0.3 is 10.3 Å². The summed E-state index contributed by atoms with van der Waals surface area (Å²) in [7, 11) is 0. The number of aromatic amines is 1. The molecule has 0 unspecified atom stereocenters. The van der Waals surface area contributed by atoms with Gasteiger partial charge in [-0.05, 0) is 30.7 Å². The predicted molar refractivity (Wildman–Crippen MR) is 68.7 cm³/mol. The number of fused-ring (bicyclic) bond motifs is 1. The topological polar surface area (TPSA) is 27.8 Å². The summed E-state index contributed by atoms with van der Waals surface area (Å²) in [4.78, 5) is 3.09. The van der Waals surface area contributed by atoms with E-state index in [2.05, 4.69) is 16.4 Å². The summed E-state index contributed by atoms with van der Waals surface area (Å²) in [6.07, 6.45) is 5.09. The quantitative estimate of drug-likeness (QED) is 0.798. The summed E-state index contributed by atoms with van der Waals surface area (Å²) in [5.41, 5.74) is 3.21. The molecular weight excluding hydrogens is 239 g/mol. The highest BCUT2D eigenvalue weighted by molar-refractivity contribution is 6.31. The van der Waals surface area contributed by atoms with Crippen molar-refractivity contribution in [1.29, 1.82) is 0 Å². The highest BCUT2D eigenvalue weighted by atomic mass is 35.5. The lowest BCUT2D eigenvalue weighted by atomic mass is 10.00. The van der Waals surface area contributed by atoms with E-state index in [9.17, 15) is 4.39 Å². The van der Waals surface area contributed by atoms with E-state index in [1.54, 1.807) is 6.07 Å². The van der Waals surface area contributed by atoms with Gasteiger partial charge in [0, 0.05) is 29.2 Å². The Morgan fingerprint density at radius 2 is 2.18 bits per heavy atom. The maximum atomic E-state index is 13.3. The Kier molecular flexibility index (Phi) is 2.65. The van der Waals surface area contributed by atoms with Gasteiger partial charge in [-0.25, -0.2) is 4.39 Å². The molecule has 2 aromatic rings. The van der Waals surface area contributed by atoms with Crippen molar-refractivity contribution in [2.45, 2.75) is 6.42 Å². The number of H-pyrrole nitrogens is 1. The Morgan fingerprint density at radius 3 is 2.94 bits per heavy atom. The van der Waals surface area contributed by atoms with Gasteiger partial charge in [-0.1, -0.05) is 17.7 Å². The molecule has 2 heterocycles. The zero-order valence-electron chi connectivity index (χ0n) is 9.19. The molecule has 1 aliphatic rings. The fourth-order valence-electron chi connectivity index (χ4n) is 2.25. The normalized spacial score (nSPS) is 16.2. The molecule has 17 heavy (non-hydrogen) atoms. The van der Waals surface area contributed by atoms with E-state index in [1.165, 1.54) is 11.6 Å². The van der Waals surface area contributed by atoms with Crippen LogP contribution >= 0.6 is 11.6 Å². The average Bonchev–Trinajstić information content (AvgIpc) is 2.74. The minimum absolute atomic E-state index is 0.174. The molecule has 0 bridgehead atoms. The van der Waals surface area contributed by atoms with Crippen LogP contribution < -0.4 is 5.32 Å². The van der Waals surface area contributed by atoms with Gasteiger partial charge in [0.05, 0.1) is 5.02 Å². The SMILES string of the molecule is Fc1cc2[nH]cc(C3=CCNCC3)c2cc1Cl. The van der Waals surface area contributed by atoms with Crippen LogP contribution in [0, 0.1) is 5.82 Å². The number of nitrogens with one attached hydrogen (secondary N) is 2. The smallest absolute Gasteiger partial charge is 0.143 e. The Hall–Kier alpha value is -1.32. The molecule has 3 rings (SSSR count). The van der Waals surface area contributed by atoms with Crippen molar-refractivity contribution in [1.82, 2.24) is 10.3 Å². The number of aromatic nitrogens is 1. The molecule has 0 saturated carbocycles. The van der Waals surface area contributed by atoms with Gasteiger partial charge in [-0.3, -0.25) is 0 Å². The van der Waals surface area contributed by atoms with E-state index in [0.717, 1.165) is 36.0 Å². The van der Waals surface area contributed by atoms with Gasteiger partial charge in [0.2, 0.25) is 0 Å². The van der Waals surface area contributed by atoms with Crippen molar-refractivity contribution in [3.05, 3.63) is 40.8 Å². The van der Waals surface area contributed by atoms with Crippen molar-refractivity contribution < 1.29 is 4.39 Å². The van der Waals surface area contributed by atoms with E-state index >= 15 is 0 Å². The molecular formula is C13H12ClFN2. The van der Waals surface area contributed by atoms with Crippen LogP contribution in [0.25, 0.3) is 16.5 Å². The van der Waals surface area contributed by atoms with E-state index < -0.39 is 0 Å². The minimum atomic E-state index is -0.383. The predicted octanol–water partition coefficient (Wildman–Crippen LogP) is 3.34. The van der Waals surface area contributed by atoms with Crippen LogP contribution in [0.3, 0.4) is 0 Å². The Labute approximate surface area is 103 Å². The average molecular weight is 251 g/mol. The maximum absolute atomic E-state index is 13.3. The first-order chi connectivity index (χ1) is 8.25. The molecule has 1 aromatic heterocycles. The first-order valence-electron chi connectivity index (χ1n) is 5.62. The molecule has 0 atom stereocenters. The molecule has 0 radical (unpaired) electrons. The fourth-order valence-corrected chi connectivity index (χ4v) is 2.41. The number of halogens is 2. The Balaban J connectivity index is 2.17. The Morgan fingerprint density at radius 1 is 1.29 bits per heavy atom. The van der Waals surface area contributed by atoms with Gasteiger partial charge in [0.25, 0.3) is 0 Å². The van der Waals surface area contributed by atoms with Crippen molar-refractivity contribution in [2.75, 3.05) is 13.1 Å². The van der Waals surface area contributed by atoms with Gasteiger partial charge in [0.1, 0.15) is 5.82 Å². The largest absolute Gasteiger partial charge is 0.360 e. The van der Waals surface area contributed by atoms with Crippen molar-refractivity contribution in [3.8, 4) is 0 Å². The zero-order valence-corrected chi connectivity index (χ0v) is 9.94. The molecule has 0 amide bonds. The maximum Gasteiger partial charge on any atom is 0.143 e. The lowest BCUT2D eigenvalue weighted by Crippen LogP contribution is -2.19. The standard InChI is InChI=1S/C13H12ClFN2/c14-11-5-9-10(8-1-3-16-4-2-8)7-17-13(9)6-12(11)15/h1,5-7,16-17H,2-4H2. The summed E-state index contributed by atoms with van der Waals surface area (Å²) in [5.74, 6) is -0.383. The highest BCUT2D eigenvalue weighted by Gasteiger charge is 2.12. The van der Waals surface area contributed by atoms with Crippen LogP contribution in [0.4, 0.5) is 4.39 Å². The number of hydrogen-bond acceptors (Lipinski definition) is 1. The number of benzene rings is 1. The van der Waals surface area contributed by atoms with E-state index in [4.69, 9.17) is 11.6 Å². The second-order valence-corrected chi connectivity index (χ2v) is 4.60. The van der Waals surface area contributed by atoms with Crippen molar-refractivity contribution >= 4 is 28.1 Å². The van der Waals surface area contributed by atoms with E-state index in [1.807, 2.05) is 6.20 Å². The number of hydrogen-bond donors (Lipinski definition) is 2. The van der Waals surface area contributed by atoms with Crippen LogP contribution in [0.5, 0.6) is 0 Å². The molecule has 1 aromatic carbocycles. The van der Waals surface area contributed by atoms with Crippen molar-refractivity contribution in [3.63, 3.8) is 0 Å². The molecule has 0 aliphatic carbocycles. The van der Waals surface area contributed by atoms with Gasteiger partial charge in [-0.2, -0.15) is 0 Å². The third-order valence-electron chi connectivity index (χ3n) is 3.13. The summed E-state index contributed by atoms with van der Waals surface area (Å²) in [6, 6.07) is 3.14. The molecule has 2 N–H and O–H groups in total. The fraction of sp³-hybridized carbons (Fsp3) is 0.231. The van der Waals surface area contributed by atoms with Gasteiger partial charge in [0.15, 0.2) is 0 Å². The zero-order chi connectivity index (χ0) is 11.8. The first-order valence-corrected chi connectivity index (χ1v) is 6.00. The van der Waals surface area contributed by atoms with Crippen LogP contribution in [-0.2, 0) is 0 Å². The third kappa shape index (κ3) is 1.85. The van der Waals surface area contributed by atoms with E-state index in [-0.39, 0.29) is 10.8 Å². The van der Waals surface area contributed by atoms with Gasteiger partial charge in [-0.15, -0.1) is 0 Å². The summed E-state index contributed by atoms with van der Waals surface area (Å²) >= 11 is 5.83. The van der Waals surface area contributed by atoms with Crippen LogP contribution in [0.1, 0.15) is 12.0 Å².